The molecule has 0 aliphatic heterocycles. The van der Waals surface area contributed by atoms with Crippen LogP contribution in [0.3, 0.4) is 0 Å². The second-order valence-corrected chi connectivity index (χ2v) is 6.53. The normalized spacial score (nSPS) is 11.2. The van der Waals surface area contributed by atoms with Crippen LogP contribution in [0.25, 0.3) is 17.5 Å². The molecule has 0 atom stereocenters. The van der Waals surface area contributed by atoms with Gasteiger partial charge in [0.25, 0.3) is 0 Å². The van der Waals surface area contributed by atoms with Crippen molar-refractivity contribution >= 4 is 17.8 Å². The minimum absolute atomic E-state index is 0.862. The molecule has 3 rings (SSSR count). The number of aryl methyl sites for hydroxylation is 1. The molecule has 122 valence electrons. The maximum atomic E-state index is 4.39. The van der Waals surface area contributed by atoms with Gasteiger partial charge in [-0.15, -0.1) is 10.2 Å². The zero-order valence-corrected chi connectivity index (χ0v) is 14.8. The van der Waals surface area contributed by atoms with Crippen molar-refractivity contribution in [2.75, 3.05) is 5.75 Å². The van der Waals surface area contributed by atoms with Crippen LogP contribution >= 0.6 is 11.8 Å². The molecule has 1 aromatic heterocycles. The van der Waals surface area contributed by atoms with E-state index >= 15 is 0 Å². The van der Waals surface area contributed by atoms with E-state index in [0.717, 1.165) is 28.8 Å². The summed E-state index contributed by atoms with van der Waals surface area (Å²) < 4.78 is 2.17. The number of benzene rings is 2. The van der Waals surface area contributed by atoms with E-state index in [1.165, 1.54) is 11.1 Å². The molecule has 4 heteroatoms. The lowest BCUT2D eigenvalue weighted by molar-refractivity contribution is 0.688. The number of rotatable bonds is 6. The van der Waals surface area contributed by atoms with Crippen LogP contribution in [0.15, 0.2) is 65.8 Å². The molecule has 24 heavy (non-hydrogen) atoms. The summed E-state index contributed by atoms with van der Waals surface area (Å²) in [4.78, 5) is 0. The number of hydrogen-bond acceptors (Lipinski definition) is 3. The van der Waals surface area contributed by atoms with Crippen LogP contribution in [0.2, 0.25) is 0 Å². The molecule has 0 aliphatic rings. The smallest absolute Gasteiger partial charge is 0.191 e. The monoisotopic (exact) mass is 335 g/mol. The van der Waals surface area contributed by atoms with Gasteiger partial charge in [-0.05, 0) is 19.4 Å². The van der Waals surface area contributed by atoms with Gasteiger partial charge < -0.3 is 4.57 Å². The molecule has 0 N–H and O–H groups in total. The third-order valence-electron chi connectivity index (χ3n) is 3.76. The zero-order chi connectivity index (χ0) is 16.8. The van der Waals surface area contributed by atoms with E-state index in [2.05, 4.69) is 77.2 Å². The quantitative estimate of drug-likeness (QED) is 0.589. The molecular formula is C20H21N3S. The molecule has 0 saturated heterocycles. The highest BCUT2D eigenvalue weighted by atomic mass is 32.2. The van der Waals surface area contributed by atoms with Crippen molar-refractivity contribution in [2.24, 2.45) is 0 Å². The second kappa shape index (κ2) is 7.97. The third-order valence-corrected chi connectivity index (χ3v) is 4.68. The summed E-state index contributed by atoms with van der Waals surface area (Å²) in [7, 11) is 0. The fourth-order valence-electron chi connectivity index (χ4n) is 2.47. The molecular weight excluding hydrogens is 314 g/mol. The van der Waals surface area contributed by atoms with Crippen molar-refractivity contribution in [1.29, 1.82) is 0 Å². The predicted molar refractivity (Wildman–Crippen MR) is 102 cm³/mol. The van der Waals surface area contributed by atoms with Crippen LogP contribution < -0.4 is 0 Å². The van der Waals surface area contributed by atoms with Gasteiger partial charge in [-0.3, -0.25) is 0 Å². The first kappa shape index (κ1) is 16.5. The number of hydrogen-bond donors (Lipinski definition) is 0. The minimum atomic E-state index is 0.862. The standard InChI is InChI=1S/C20H21N3S/c1-3-23-19(18-13-11-16(2)12-14-18)21-22-20(23)24-15-7-10-17-8-5-4-6-9-17/h4-14H,3,15H2,1-2H3. The van der Waals surface area contributed by atoms with Gasteiger partial charge in [-0.2, -0.15) is 0 Å². The Morgan fingerprint density at radius 3 is 2.46 bits per heavy atom. The van der Waals surface area contributed by atoms with Gasteiger partial charge in [0.1, 0.15) is 0 Å². The first-order valence-electron chi connectivity index (χ1n) is 8.12. The molecule has 1 heterocycles. The predicted octanol–water partition coefficient (Wildman–Crippen LogP) is 5.08. The Morgan fingerprint density at radius 2 is 1.75 bits per heavy atom. The van der Waals surface area contributed by atoms with Gasteiger partial charge in [-0.1, -0.05) is 84.1 Å². The largest absolute Gasteiger partial charge is 0.302 e. The van der Waals surface area contributed by atoms with Crippen molar-refractivity contribution in [3.8, 4) is 11.4 Å². The van der Waals surface area contributed by atoms with Gasteiger partial charge in [0.05, 0.1) is 0 Å². The van der Waals surface area contributed by atoms with E-state index in [1.807, 2.05) is 18.2 Å². The van der Waals surface area contributed by atoms with Crippen LogP contribution in [-0.2, 0) is 6.54 Å². The maximum absolute atomic E-state index is 4.39. The molecule has 0 saturated carbocycles. The van der Waals surface area contributed by atoms with E-state index in [4.69, 9.17) is 0 Å². The van der Waals surface area contributed by atoms with Crippen LogP contribution in [0, 0.1) is 6.92 Å². The van der Waals surface area contributed by atoms with Crippen molar-refractivity contribution in [3.63, 3.8) is 0 Å². The Morgan fingerprint density at radius 1 is 1.00 bits per heavy atom. The first-order chi connectivity index (χ1) is 11.8. The zero-order valence-electron chi connectivity index (χ0n) is 14.0. The van der Waals surface area contributed by atoms with Crippen LogP contribution in [-0.4, -0.2) is 20.5 Å². The maximum Gasteiger partial charge on any atom is 0.191 e. The van der Waals surface area contributed by atoms with Crippen molar-refractivity contribution in [2.45, 2.75) is 25.5 Å². The summed E-state index contributed by atoms with van der Waals surface area (Å²) in [6.07, 6.45) is 4.31. The molecule has 0 fully saturated rings. The van der Waals surface area contributed by atoms with E-state index in [-0.39, 0.29) is 0 Å². The number of nitrogens with zero attached hydrogens (tertiary/aromatic N) is 3. The van der Waals surface area contributed by atoms with Crippen LogP contribution in [0.5, 0.6) is 0 Å². The lowest BCUT2D eigenvalue weighted by Crippen LogP contribution is -1.99. The minimum Gasteiger partial charge on any atom is -0.302 e. The van der Waals surface area contributed by atoms with Gasteiger partial charge in [0.15, 0.2) is 11.0 Å². The number of aromatic nitrogens is 3. The highest BCUT2D eigenvalue weighted by Crippen LogP contribution is 2.24. The first-order valence-corrected chi connectivity index (χ1v) is 9.11. The van der Waals surface area contributed by atoms with E-state index in [0.29, 0.717) is 0 Å². The Hall–Kier alpha value is -2.33. The average molecular weight is 335 g/mol. The Bertz CT molecular complexity index is 805. The Balaban J connectivity index is 1.70. The lowest BCUT2D eigenvalue weighted by Gasteiger charge is -2.06. The molecule has 0 bridgehead atoms. The molecule has 0 amide bonds. The summed E-state index contributed by atoms with van der Waals surface area (Å²) in [6, 6.07) is 18.8. The molecule has 0 aliphatic carbocycles. The topological polar surface area (TPSA) is 30.7 Å². The van der Waals surface area contributed by atoms with Gasteiger partial charge in [0, 0.05) is 17.9 Å². The summed E-state index contributed by atoms with van der Waals surface area (Å²) in [5.74, 6) is 1.81. The summed E-state index contributed by atoms with van der Waals surface area (Å²) >= 11 is 1.71. The lowest BCUT2D eigenvalue weighted by atomic mass is 10.1. The molecule has 2 aromatic carbocycles. The SMILES string of the molecule is CCn1c(SCC=Cc2ccccc2)nnc1-c1ccc(C)cc1. The highest BCUT2D eigenvalue weighted by Gasteiger charge is 2.12. The Kier molecular flexibility index (Phi) is 5.49. The molecule has 0 unspecified atom stereocenters. The summed E-state index contributed by atoms with van der Waals surface area (Å²) in [5.41, 5.74) is 3.58. The molecule has 3 aromatic rings. The fourth-order valence-corrected chi connectivity index (χ4v) is 3.28. The van der Waals surface area contributed by atoms with Crippen molar-refractivity contribution in [3.05, 3.63) is 71.8 Å². The summed E-state index contributed by atoms with van der Waals surface area (Å²) in [6.45, 7) is 5.08. The molecule has 0 radical (unpaired) electrons. The third kappa shape index (κ3) is 3.95. The van der Waals surface area contributed by atoms with Gasteiger partial charge >= 0.3 is 0 Å². The Labute approximate surface area is 147 Å². The van der Waals surface area contributed by atoms with Crippen molar-refractivity contribution in [1.82, 2.24) is 14.8 Å². The van der Waals surface area contributed by atoms with Crippen molar-refractivity contribution < 1.29 is 0 Å². The van der Waals surface area contributed by atoms with Gasteiger partial charge in [-0.25, -0.2) is 0 Å². The fraction of sp³-hybridized carbons (Fsp3) is 0.200. The summed E-state index contributed by atoms with van der Waals surface area (Å²) in [5, 5.41) is 9.73. The molecule has 3 nitrogen and oxygen atoms in total. The highest BCUT2D eigenvalue weighted by molar-refractivity contribution is 7.99. The van der Waals surface area contributed by atoms with E-state index in [1.54, 1.807) is 11.8 Å². The number of thioether (sulfide) groups is 1. The average Bonchev–Trinajstić information content (AvgIpc) is 3.03. The van der Waals surface area contributed by atoms with E-state index in [9.17, 15) is 0 Å². The van der Waals surface area contributed by atoms with E-state index < -0.39 is 0 Å². The van der Waals surface area contributed by atoms with Crippen LogP contribution in [0.1, 0.15) is 18.1 Å². The molecule has 0 spiro atoms. The van der Waals surface area contributed by atoms with Crippen LogP contribution in [0.4, 0.5) is 0 Å². The second-order valence-electron chi connectivity index (χ2n) is 5.54. The van der Waals surface area contributed by atoms with Gasteiger partial charge in [0.2, 0.25) is 0 Å².